The molecule has 0 unspecified atom stereocenters. The van der Waals surface area contributed by atoms with Crippen LogP contribution in [0.4, 0.5) is 0 Å². The highest BCUT2D eigenvalue weighted by atomic mass is 32.2. The highest BCUT2D eigenvalue weighted by Crippen LogP contribution is 2.41. The number of nitrogens with zero attached hydrogens (tertiary/aromatic N) is 2. The molecule has 3 atom stereocenters. The lowest BCUT2D eigenvalue weighted by molar-refractivity contribution is -0.144. The first-order valence-corrected chi connectivity index (χ1v) is 8.08. The van der Waals surface area contributed by atoms with Crippen molar-refractivity contribution in [1.82, 2.24) is 8.61 Å². The van der Waals surface area contributed by atoms with Crippen LogP contribution in [0, 0.1) is 5.92 Å². The van der Waals surface area contributed by atoms with E-state index in [1.165, 1.54) is 29.8 Å². The van der Waals surface area contributed by atoms with E-state index in [0.717, 1.165) is 25.7 Å². The van der Waals surface area contributed by atoms with Crippen molar-refractivity contribution in [3.8, 4) is 0 Å². The van der Waals surface area contributed by atoms with E-state index in [2.05, 4.69) is 0 Å². The zero-order chi connectivity index (χ0) is 14.2. The molecule has 7 heteroatoms. The number of rotatable bonds is 3. The first-order valence-electron chi connectivity index (χ1n) is 6.68. The zero-order valence-corrected chi connectivity index (χ0v) is 12.5. The fourth-order valence-corrected chi connectivity index (χ4v) is 4.77. The molecule has 1 saturated heterocycles. The van der Waals surface area contributed by atoms with Gasteiger partial charge in [-0.05, 0) is 25.2 Å². The summed E-state index contributed by atoms with van der Waals surface area (Å²) in [5, 5.41) is 0. The van der Waals surface area contributed by atoms with Crippen molar-refractivity contribution in [1.29, 1.82) is 0 Å². The monoisotopic (exact) mass is 290 g/mol. The second kappa shape index (κ2) is 5.38. The SMILES string of the molecule is COC(=O)[C@@H]1C[C@@H]2CCCC[C@H]2N1S(=O)(=O)N(C)C. The molecule has 1 aliphatic heterocycles. The van der Waals surface area contributed by atoms with Gasteiger partial charge in [0.05, 0.1) is 7.11 Å². The molecule has 2 rings (SSSR count). The number of hydrogen-bond donors (Lipinski definition) is 0. The summed E-state index contributed by atoms with van der Waals surface area (Å²) in [7, 11) is 0.724. The molecule has 0 aromatic carbocycles. The summed E-state index contributed by atoms with van der Waals surface area (Å²) in [6.07, 6.45) is 4.56. The lowest BCUT2D eigenvalue weighted by Crippen LogP contribution is -2.50. The van der Waals surface area contributed by atoms with Crippen LogP contribution in [0.25, 0.3) is 0 Å². The third kappa shape index (κ3) is 2.51. The highest BCUT2D eigenvalue weighted by Gasteiger charge is 2.51. The maximum atomic E-state index is 12.5. The minimum absolute atomic E-state index is 0.0507. The van der Waals surface area contributed by atoms with Crippen LogP contribution < -0.4 is 0 Å². The summed E-state index contributed by atoms with van der Waals surface area (Å²) < 4.78 is 32.3. The average Bonchev–Trinajstić information content (AvgIpc) is 2.77. The second-order valence-corrected chi connectivity index (χ2v) is 7.55. The lowest BCUT2D eigenvalue weighted by atomic mass is 9.85. The van der Waals surface area contributed by atoms with Gasteiger partial charge in [-0.3, -0.25) is 4.79 Å². The molecule has 0 N–H and O–H groups in total. The van der Waals surface area contributed by atoms with Gasteiger partial charge in [0.1, 0.15) is 6.04 Å². The Balaban J connectivity index is 2.36. The Bertz CT molecular complexity index is 449. The largest absolute Gasteiger partial charge is 0.468 e. The molecule has 0 aromatic heterocycles. The van der Waals surface area contributed by atoms with Crippen LogP contribution in [-0.2, 0) is 19.7 Å². The summed E-state index contributed by atoms with van der Waals surface area (Å²) >= 11 is 0. The van der Waals surface area contributed by atoms with Gasteiger partial charge in [0.2, 0.25) is 0 Å². The third-order valence-electron chi connectivity index (χ3n) is 4.23. The maximum Gasteiger partial charge on any atom is 0.324 e. The minimum Gasteiger partial charge on any atom is -0.468 e. The van der Waals surface area contributed by atoms with E-state index < -0.39 is 22.2 Å². The molecule has 2 aliphatic rings. The number of methoxy groups -OCH3 is 1. The van der Waals surface area contributed by atoms with Crippen LogP contribution in [0.3, 0.4) is 0 Å². The summed E-state index contributed by atoms with van der Waals surface area (Å²) in [5.41, 5.74) is 0. The van der Waals surface area contributed by atoms with E-state index in [-0.39, 0.29) is 12.0 Å². The van der Waals surface area contributed by atoms with Crippen molar-refractivity contribution in [3.05, 3.63) is 0 Å². The number of carbonyl (C=O) groups is 1. The first kappa shape index (κ1) is 14.7. The van der Waals surface area contributed by atoms with Crippen molar-refractivity contribution in [2.75, 3.05) is 21.2 Å². The summed E-state index contributed by atoms with van der Waals surface area (Å²) in [6.45, 7) is 0. The summed E-state index contributed by atoms with van der Waals surface area (Å²) in [6, 6.07) is -0.712. The minimum atomic E-state index is -3.59. The molecule has 0 radical (unpaired) electrons. The first-order chi connectivity index (χ1) is 8.89. The van der Waals surface area contributed by atoms with Gasteiger partial charge in [-0.25, -0.2) is 0 Å². The Morgan fingerprint density at radius 3 is 2.47 bits per heavy atom. The highest BCUT2D eigenvalue weighted by molar-refractivity contribution is 7.86. The Kier molecular flexibility index (Phi) is 4.17. The number of carbonyl (C=O) groups excluding carboxylic acids is 1. The fourth-order valence-electron chi connectivity index (χ4n) is 3.28. The van der Waals surface area contributed by atoms with E-state index in [1.807, 2.05) is 0 Å². The maximum absolute atomic E-state index is 12.5. The molecule has 0 spiro atoms. The number of fused-ring (bicyclic) bond motifs is 1. The van der Waals surface area contributed by atoms with Gasteiger partial charge in [0.15, 0.2) is 0 Å². The van der Waals surface area contributed by atoms with E-state index in [9.17, 15) is 13.2 Å². The topological polar surface area (TPSA) is 66.9 Å². The quantitative estimate of drug-likeness (QED) is 0.714. The van der Waals surface area contributed by atoms with Crippen molar-refractivity contribution in [2.24, 2.45) is 5.92 Å². The second-order valence-electron chi connectivity index (χ2n) is 5.51. The molecule has 1 heterocycles. The normalized spacial score (nSPS) is 32.3. The Morgan fingerprint density at radius 2 is 1.89 bits per heavy atom. The van der Waals surface area contributed by atoms with Gasteiger partial charge in [-0.1, -0.05) is 12.8 Å². The van der Waals surface area contributed by atoms with Crippen molar-refractivity contribution < 1.29 is 17.9 Å². The predicted molar refractivity (Wildman–Crippen MR) is 70.6 cm³/mol. The molecule has 1 saturated carbocycles. The van der Waals surface area contributed by atoms with Crippen LogP contribution in [0.5, 0.6) is 0 Å². The third-order valence-corrected chi connectivity index (χ3v) is 6.21. The van der Waals surface area contributed by atoms with Gasteiger partial charge in [-0.2, -0.15) is 17.0 Å². The smallest absolute Gasteiger partial charge is 0.324 e. The van der Waals surface area contributed by atoms with Crippen LogP contribution in [0.1, 0.15) is 32.1 Å². The molecule has 0 bridgehead atoms. The van der Waals surface area contributed by atoms with E-state index in [0.29, 0.717) is 6.42 Å². The fraction of sp³-hybridized carbons (Fsp3) is 0.917. The summed E-state index contributed by atoms with van der Waals surface area (Å²) in [5.74, 6) is -0.160. The molecule has 110 valence electrons. The van der Waals surface area contributed by atoms with Crippen LogP contribution >= 0.6 is 0 Å². The molecule has 0 amide bonds. The molecular weight excluding hydrogens is 268 g/mol. The van der Waals surface area contributed by atoms with E-state index in [4.69, 9.17) is 4.74 Å². The van der Waals surface area contributed by atoms with E-state index in [1.54, 1.807) is 0 Å². The molecule has 0 aromatic rings. The zero-order valence-electron chi connectivity index (χ0n) is 11.7. The molecule has 1 aliphatic carbocycles. The number of ether oxygens (including phenoxy) is 1. The Labute approximate surface area is 114 Å². The molecule has 2 fully saturated rings. The van der Waals surface area contributed by atoms with Gasteiger partial charge in [0, 0.05) is 20.1 Å². The standard InChI is InChI=1S/C12H22N2O4S/c1-13(2)19(16,17)14-10-7-5-4-6-9(10)8-11(14)12(15)18-3/h9-11H,4-8H2,1-3H3/t9-,10+,11-/m0/s1. The number of esters is 1. The Morgan fingerprint density at radius 1 is 1.26 bits per heavy atom. The lowest BCUT2D eigenvalue weighted by Gasteiger charge is -2.33. The van der Waals surface area contributed by atoms with Crippen molar-refractivity contribution in [3.63, 3.8) is 0 Å². The predicted octanol–water partition coefficient (Wildman–Crippen LogP) is 0.599. The van der Waals surface area contributed by atoms with Gasteiger partial charge >= 0.3 is 5.97 Å². The average molecular weight is 290 g/mol. The molecule has 19 heavy (non-hydrogen) atoms. The number of hydrogen-bond acceptors (Lipinski definition) is 4. The molecular formula is C12H22N2O4S. The van der Waals surface area contributed by atoms with Crippen molar-refractivity contribution >= 4 is 16.2 Å². The van der Waals surface area contributed by atoms with E-state index >= 15 is 0 Å². The van der Waals surface area contributed by atoms with Gasteiger partial charge in [-0.15, -0.1) is 0 Å². The van der Waals surface area contributed by atoms with Crippen LogP contribution in [-0.4, -0.2) is 56.3 Å². The Hall–Kier alpha value is -0.660. The summed E-state index contributed by atoms with van der Waals surface area (Å²) in [4.78, 5) is 11.9. The van der Waals surface area contributed by atoms with Gasteiger partial charge in [0.25, 0.3) is 10.2 Å². The van der Waals surface area contributed by atoms with Crippen molar-refractivity contribution in [2.45, 2.75) is 44.2 Å². The van der Waals surface area contributed by atoms with Crippen LogP contribution in [0.2, 0.25) is 0 Å². The van der Waals surface area contributed by atoms with Gasteiger partial charge < -0.3 is 4.74 Å². The molecule has 6 nitrogen and oxygen atoms in total. The van der Waals surface area contributed by atoms with Crippen LogP contribution in [0.15, 0.2) is 0 Å².